The van der Waals surface area contributed by atoms with Gasteiger partial charge in [-0.1, -0.05) is 90.6 Å². The van der Waals surface area contributed by atoms with Crippen LogP contribution in [0.15, 0.2) is 125 Å². The van der Waals surface area contributed by atoms with Crippen LogP contribution in [0.4, 0.5) is 0 Å². The smallest absolute Gasteiger partial charge is 0.0547 e. The predicted octanol–water partition coefficient (Wildman–Crippen LogP) is 9.22. The van der Waals surface area contributed by atoms with Crippen molar-refractivity contribution < 1.29 is 0 Å². The summed E-state index contributed by atoms with van der Waals surface area (Å²) in [6, 6.07) is 42.3. The quantitative estimate of drug-likeness (QED) is 0.242. The number of nitrogens with zero attached hydrogens (tertiary/aromatic N) is 1. The molecule has 0 aliphatic carbocycles. The molecule has 0 atom stereocenters. The lowest BCUT2D eigenvalue weighted by Gasteiger charge is -2.21. The lowest BCUT2D eigenvalue weighted by Crippen LogP contribution is -1.98. The second-order valence-electron chi connectivity index (χ2n) is 8.98. The third-order valence-corrected chi connectivity index (χ3v) is 8.30. The monoisotopic (exact) mass is 449 g/mol. The summed E-state index contributed by atoms with van der Waals surface area (Å²) in [7, 11) is 0. The number of para-hydroxylation sites is 1. The van der Waals surface area contributed by atoms with Crippen molar-refractivity contribution in [2.24, 2.45) is 0 Å². The van der Waals surface area contributed by atoms with Gasteiger partial charge in [-0.05, 0) is 63.7 Å². The van der Waals surface area contributed by atoms with Gasteiger partial charge in [-0.3, -0.25) is 0 Å². The van der Waals surface area contributed by atoms with E-state index in [-0.39, 0.29) is 0 Å². The van der Waals surface area contributed by atoms with Crippen molar-refractivity contribution in [2.45, 2.75) is 9.79 Å². The summed E-state index contributed by atoms with van der Waals surface area (Å²) in [5.74, 6) is 0. The molecule has 0 unspecified atom stereocenters. The maximum absolute atomic E-state index is 2.43. The van der Waals surface area contributed by atoms with Crippen molar-refractivity contribution in [1.82, 2.24) is 4.57 Å². The van der Waals surface area contributed by atoms with E-state index >= 15 is 0 Å². The van der Waals surface area contributed by atoms with Crippen LogP contribution in [0.5, 0.6) is 0 Å². The Kier molecular flexibility index (Phi) is 3.66. The van der Waals surface area contributed by atoms with Gasteiger partial charge in [0.2, 0.25) is 0 Å². The van der Waals surface area contributed by atoms with E-state index in [4.69, 9.17) is 0 Å². The zero-order valence-electron chi connectivity index (χ0n) is 18.3. The first-order chi connectivity index (χ1) is 16.9. The van der Waals surface area contributed by atoms with Crippen molar-refractivity contribution in [3.05, 3.63) is 115 Å². The van der Waals surface area contributed by atoms with Crippen molar-refractivity contribution in [1.29, 1.82) is 0 Å². The molecular weight excluding hydrogens is 430 g/mol. The first-order valence-corrected chi connectivity index (χ1v) is 12.4. The van der Waals surface area contributed by atoms with Crippen molar-refractivity contribution in [3.63, 3.8) is 0 Å². The van der Waals surface area contributed by atoms with Gasteiger partial charge in [-0.2, -0.15) is 0 Å². The van der Waals surface area contributed by atoms with E-state index < -0.39 is 0 Å². The minimum Gasteiger partial charge on any atom is -0.309 e. The van der Waals surface area contributed by atoms with Crippen molar-refractivity contribution >= 4 is 55.1 Å². The summed E-state index contributed by atoms with van der Waals surface area (Å²) in [6.45, 7) is 0. The fourth-order valence-corrected chi connectivity index (χ4v) is 6.84. The van der Waals surface area contributed by atoms with E-state index in [1.165, 1.54) is 70.0 Å². The van der Waals surface area contributed by atoms with Gasteiger partial charge in [-0.25, -0.2) is 0 Å². The molecule has 1 aliphatic rings. The fraction of sp³-hybridized carbons (Fsp3) is 0. The van der Waals surface area contributed by atoms with Gasteiger partial charge in [0.15, 0.2) is 0 Å². The van der Waals surface area contributed by atoms with Gasteiger partial charge in [-0.15, -0.1) is 0 Å². The molecule has 8 rings (SSSR count). The minimum absolute atomic E-state index is 1.21. The molecule has 158 valence electrons. The SMILES string of the molecule is c1cc2c3c(cccc3c1)-c1cc(-n3c4ccccc4c4c5ccccc5ccc43)ccc1S2. The fourth-order valence-electron chi connectivity index (χ4n) is 5.71. The second-order valence-corrected chi connectivity index (χ2v) is 10.1. The molecule has 0 fully saturated rings. The zero-order chi connectivity index (χ0) is 22.2. The lowest BCUT2D eigenvalue weighted by molar-refractivity contribution is 1.17. The number of hydrogen-bond acceptors (Lipinski definition) is 1. The van der Waals surface area contributed by atoms with Crippen LogP contribution in [0.1, 0.15) is 0 Å². The van der Waals surface area contributed by atoms with E-state index in [2.05, 4.69) is 120 Å². The Morgan fingerprint density at radius 3 is 2.21 bits per heavy atom. The molecule has 0 amide bonds. The van der Waals surface area contributed by atoms with Crippen LogP contribution in [-0.2, 0) is 0 Å². The first-order valence-electron chi connectivity index (χ1n) is 11.6. The molecular formula is C32H19NS. The number of fused-ring (bicyclic) bond motifs is 7. The molecule has 0 N–H and O–H groups in total. The molecule has 7 aromatic rings. The molecule has 0 bridgehead atoms. The van der Waals surface area contributed by atoms with E-state index in [9.17, 15) is 0 Å². The summed E-state index contributed by atoms with van der Waals surface area (Å²) in [6.07, 6.45) is 0. The highest BCUT2D eigenvalue weighted by Crippen LogP contribution is 2.48. The van der Waals surface area contributed by atoms with Crippen LogP contribution in [-0.4, -0.2) is 4.57 Å². The molecule has 1 aromatic heterocycles. The first kappa shape index (κ1) is 18.4. The molecule has 0 saturated heterocycles. The Labute approximate surface area is 201 Å². The summed E-state index contributed by atoms with van der Waals surface area (Å²) < 4.78 is 2.43. The van der Waals surface area contributed by atoms with Crippen LogP contribution in [0.3, 0.4) is 0 Å². The Morgan fingerprint density at radius 1 is 0.471 bits per heavy atom. The average molecular weight is 450 g/mol. The standard InChI is InChI=1S/C32H19NS/c1-2-10-23-20(7-1)15-17-28-32(23)25-11-3-4-13-27(25)33(28)22-16-18-29-26(19-22)24-12-5-8-21-9-6-14-30(34-29)31(21)24/h1-19H. The van der Waals surface area contributed by atoms with Gasteiger partial charge in [0.1, 0.15) is 0 Å². The number of rotatable bonds is 1. The van der Waals surface area contributed by atoms with Crippen molar-refractivity contribution in [2.75, 3.05) is 0 Å². The Balaban J connectivity index is 1.47. The van der Waals surface area contributed by atoms with E-state index in [1.54, 1.807) is 0 Å². The molecule has 0 radical (unpaired) electrons. The molecule has 0 saturated carbocycles. The largest absolute Gasteiger partial charge is 0.309 e. The maximum Gasteiger partial charge on any atom is 0.0547 e. The molecule has 1 nitrogen and oxygen atoms in total. The van der Waals surface area contributed by atoms with Crippen molar-refractivity contribution in [3.8, 4) is 16.8 Å². The predicted molar refractivity (Wildman–Crippen MR) is 145 cm³/mol. The summed E-state index contributed by atoms with van der Waals surface area (Å²) in [4.78, 5) is 2.66. The molecule has 2 heteroatoms. The van der Waals surface area contributed by atoms with Crippen LogP contribution in [0.25, 0.3) is 60.2 Å². The lowest BCUT2D eigenvalue weighted by atomic mass is 9.97. The minimum atomic E-state index is 1.21. The second kappa shape index (κ2) is 6.75. The van der Waals surface area contributed by atoms with E-state index in [0.717, 1.165) is 0 Å². The highest BCUT2D eigenvalue weighted by Gasteiger charge is 2.21. The summed E-state index contributed by atoms with van der Waals surface area (Å²) in [5.41, 5.74) is 6.35. The zero-order valence-corrected chi connectivity index (χ0v) is 19.1. The normalized spacial score (nSPS) is 12.6. The van der Waals surface area contributed by atoms with Gasteiger partial charge in [0.25, 0.3) is 0 Å². The van der Waals surface area contributed by atoms with Gasteiger partial charge >= 0.3 is 0 Å². The number of benzene rings is 6. The topological polar surface area (TPSA) is 4.93 Å². The summed E-state index contributed by atoms with van der Waals surface area (Å²) >= 11 is 1.88. The highest BCUT2D eigenvalue weighted by atomic mass is 32.2. The van der Waals surface area contributed by atoms with Gasteiger partial charge in [0, 0.05) is 31.6 Å². The molecule has 34 heavy (non-hydrogen) atoms. The number of hydrogen-bond donors (Lipinski definition) is 0. The highest BCUT2D eigenvalue weighted by molar-refractivity contribution is 7.99. The molecule has 6 aromatic carbocycles. The van der Waals surface area contributed by atoms with Gasteiger partial charge in [0.05, 0.1) is 11.0 Å². The third-order valence-electron chi connectivity index (χ3n) is 7.16. The maximum atomic E-state index is 2.43. The Morgan fingerprint density at radius 2 is 1.26 bits per heavy atom. The van der Waals surface area contributed by atoms with E-state index in [0.29, 0.717) is 0 Å². The van der Waals surface area contributed by atoms with E-state index in [1.807, 2.05) is 11.8 Å². The molecule has 0 spiro atoms. The van der Waals surface area contributed by atoms with Crippen LogP contribution < -0.4 is 0 Å². The van der Waals surface area contributed by atoms with Crippen LogP contribution in [0.2, 0.25) is 0 Å². The Hall–Kier alpha value is -4.01. The summed E-state index contributed by atoms with van der Waals surface area (Å²) in [5, 5.41) is 7.89. The van der Waals surface area contributed by atoms with Crippen LogP contribution >= 0.6 is 11.8 Å². The number of aromatic nitrogens is 1. The third kappa shape index (κ3) is 2.41. The van der Waals surface area contributed by atoms with Crippen LogP contribution in [0, 0.1) is 0 Å². The Bertz CT molecular complexity index is 1940. The average Bonchev–Trinajstić information content (AvgIpc) is 3.24. The molecule has 2 heterocycles. The van der Waals surface area contributed by atoms with Gasteiger partial charge < -0.3 is 4.57 Å². The molecule has 1 aliphatic heterocycles.